The lowest BCUT2D eigenvalue weighted by Gasteiger charge is -2.22. The summed E-state index contributed by atoms with van der Waals surface area (Å²) in [7, 11) is 0. The van der Waals surface area contributed by atoms with Gasteiger partial charge in [0.25, 0.3) is 0 Å². The Kier molecular flexibility index (Phi) is 2.70. The van der Waals surface area contributed by atoms with Crippen LogP contribution in [-0.4, -0.2) is 18.3 Å². The molecule has 14 heavy (non-hydrogen) atoms. The molecule has 0 saturated carbocycles. The largest absolute Gasteiger partial charge is 0.493 e. The molecule has 0 amide bonds. The molecule has 1 aromatic carbocycles. The molecule has 0 aromatic heterocycles. The molecule has 1 aliphatic heterocycles. The Labute approximate surface area is 83.5 Å². The van der Waals surface area contributed by atoms with E-state index in [0.29, 0.717) is 0 Å². The number of rotatable bonds is 2. The molecule has 0 unspecified atom stereocenters. The maximum atomic E-state index is 9.02. The first kappa shape index (κ1) is 9.49. The first-order chi connectivity index (χ1) is 6.83. The van der Waals surface area contributed by atoms with Crippen molar-refractivity contribution in [1.82, 2.24) is 0 Å². The molecular formula is C11H15NO2. The molecule has 0 saturated heterocycles. The number of hydrogen-bond donors (Lipinski definition) is 2. The number of hydrogen-bond acceptors (Lipinski definition) is 3. The third-order valence-electron chi connectivity index (χ3n) is 2.59. The van der Waals surface area contributed by atoms with Crippen LogP contribution in [-0.2, 0) is 6.42 Å². The fourth-order valence-electron chi connectivity index (χ4n) is 1.86. The van der Waals surface area contributed by atoms with E-state index in [1.54, 1.807) is 0 Å². The van der Waals surface area contributed by atoms with Gasteiger partial charge in [-0.05, 0) is 30.0 Å². The van der Waals surface area contributed by atoms with Gasteiger partial charge in [0.15, 0.2) is 0 Å². The van der Waals surface area contributed by atoms with Crippen molar-refractivity contribution in [2.75, 3.05) is 13.2 Å². The first-order valence-electron chi connectivity index (χ1n) is 4.94. The lowest BCUT2D eigenvalue weighted by molar-refractivity contribution is 0.262. The van der Waals surface area contributed by atoms with Crippen molar-refractivity contribution < 1.29 is 9.84 Å². The predicted octanol–water partition coefficient (Wildman–Crippen LogP) is 1.00. The average molecular weight is 193 g/mol. The molecule has 0 aliphatic carbocycles. The van der Waals surface area contributed by atoms with E-state index >= 15 is 0 Å². The van der Waals surface area contributed by atoms with Gasteiger partial charge in [0.2, 0.25) is 0 Å². The van der Waals surface area contributed by atoms with Crippen LogP contribution in [0.3, 0.4) is 0 Å². The summed E-state index contributed by atoms with van der Waals surface area (Å²) in [5.74, 6) is 0.928. The Morgan fingerprint density at radius 2 is 2.36 bits per heavy atom. The van der Waals surface area contributed by atoms with Crippen LogP contribution in [0.4, 0.5) is 0 Å². The molecule has 0 fully saturated rings. The summed E-state index contributed by atoms with van der Waals surface area (Å²) in [5.41, 5.74) is 8.00. The van der Waals surface area contributed by atoms with Gasteiger partial charge < -0.3 is 15.6 Å². The van der Waals surface area contributed by atoms with Crippen LogP contribution in [0.5, 0.6) is 5.75 Å². The van der Waals surface area contributed by atoms with Crippen molar-refractivity contribution in [2.45, 2.75) is 18.9 Å². The SMILES string of the molecule is N[C@H](CO)c1cccc2c1CCCO2. The van der Waals surface area contributed by atoms with Crippen molar-refractivity contribution in [2.24, 2.45) is 5.73 Å². The van der Waals surface area contributed by atoms with Crippen molar-refractivity contribution in [3.63, 3.8) is 0 Å². The Hall–Kier alpha value is -1.06. The van der Waals surface area contributed by atoms with Gasteiger partial charge in [-0.25, -0.2) is 0 Å². The van der Waals surface area contributed by atoms with E-state index in [0.717, 1.165) is 30.8 Å². The van der Waals surface area contributed by atoms with E-state index in [2.05, 4.69) is 0 Å². The minimum absolute atomic E-state index is 0.0174. The molecule has 3 heteroatoms. The second kappa shape index (κ2) is 3.98. The fraction of sp³-hybridized carbons (Fsp3) is 0.455. The van der Waals surface area contributed by atoms with Crippen LogP contribution >= 0.6 is 0 Å². The molecule has 1 aromatic rings. The Balaban J connectivity index is 2.39. The van der Waals surface area contributed by atoms with Gasteiger partial charge in [-0.15, -0.1) is 0 Å². The molecule has 0 radical (unpaired) electrons. The quantitative estimate of drug-likeness (QED) is 0.736. The zero-order valence-corrected chi connectivity index (χ0v) is 8.07. The summed E-state index contributed by atoms with van der Waals surface area (Å²) in [6, 6.07) is 5.57. The zero-order chi connectivity index (χ0) is 9.97. The lowest BCUT2D eigenvalue weighted by Crippen LogP contribution is -2.19. The van der Waals surface area contributed by atoms with Gasteiger partial charge in [0, 0.05) is 0 Å². The maximum absolute atomic E-state index is 9.02. The molecule has 3 nitrogen and oxygen atoms in total. The van der Waals surface area contributed by atoms with E-state index < -0.39 is 0 Å². The second-order valence-corrected chi connectivity index (χ2v) is 3.57. The van der Waals surface area contributed by atoms with Gasteiger partial charge in [-0.1, -0.05) is 12.1 Å². The highest BCUT2D eigenvalue weighted by Gasteiger charge is 2.17. The zero-order valence-electron chi connectivity index (χ0n) is 8.07. The van der Waals surface area contributed by atoms with Crippen LogP contribution < -0.4 is 10.5 Å². The number of fused-ring (bicyclic) bond motifs is 1. The van der Waals surface area contributed by atoms with Gasteiger partial charge in [-0.2, -0.15) is 0 Å². The molecule has 76 valence electrons. The van der Waals surface area contributed by atoms with Crippen molar-refractivity contribution >= 4 is 0 Å². The van der Waals surface area contributed by atoms with E-state index in [-0.39, 0.29) is 12.6 Å². The minimum Gasteiger partial charge on any atom is -0.493 e. The molecule has 0 bridgehead atoms. The minimum atomic E-state index is -0.286. The predicted molar refractivity (Wildman–Crippen MR) is 54.3 cm³/mol. The highest BCUT2D eigenvalue weighted by atomic mass is 16.5. The fourth-order valence-corrected chi connectivity index (χ4v) is 1.86. The summed E-state index contributed by atoms with van der Waals surface area (Å²) in [6.07, 6.45) is 2.03. The maximum Gasteiger partial charge on any atom is 0.122 e. The van der Waals surface area contributed by atoms with Crippen molar-refractivity contribution in [3.05, 3.63) is 29.3 Å². The van der Waals surface area contributed by atoms with E-state index in [1.165, 1.54) is 5.56 Å². The molecular weight excluding hydrogens is 178 g/mol. The highest BCUT2D eigenvalue weighted by Crippen LogP contribution is 2.30. The van der Waals surface area contributed by atoms with Gasteiger partial charge in [0.05, 0.1) is 19.3 Å². The van der Waals surface area contributed by atoms with Crippen molar-refractivity contribution in [3.8, 4) is 5.75 Å². The monoisotopic (exact) mass is 193 g/mol. The smallest absolute Gasteiger partial charge is 0.122 e. The average Bonchev–Trinajstić information content (AvgIpc) is 2.27. The van der Waals surface area contributed by atoms with Crippen LogP contribution in [0.1, 0.15) is 23.6 Å². The number of nitrogens with two attached hydrogens (primary N) is 1. The highest BCUT2D eigenvalue weighted by molar-refractivity contribution is 5.43. The van der Waals surface area contributed by atoms with Gasteiger partial charge in [0.1, 0.15) is 5.75 Å². The van der Waals surface area contributed by atoms with Crippen molar-refractivity contribution in [1.29, 1.82) is 0 Å². The van der Waals surface area contributed by atoms with Crippen LogP contribution in [0.25, 0.3) is 0 Å². The number of aliphatic hydroxyl groups excluding tert-OH is 1. The topological polar surface area (TPSA) is 55.5 Å². The first-order valence-corrected chi connectivity index (χ1v) is 4.94. The van der Waals surface area contributed by atoms with Crippen LogP contribution in [0, 0.1) is 0 Å². The number of ether oxygens (including phenoxy) is 1. The third kappa shape index (κ3) is 1.61. The molecule has 2 rings (SSSR count). The standard InChI is InChI=1S/C11H15NO2/c12-10(7-13)8-3-1-5-11-9(8)4-2-6-14-11/h1,3,5,10,13H,2,4,6-7,12H2/t10-/m1/s1. The van der Waals surface area contributed by atoms with Gasteiger partial charge >= 0.3 is 0 Å². The molecule has 1 aliphatic rings. The Bertz CT molecular complexity index is 325. The Morgan fingerprint density at radius 3 is 3.14 bits per heavy atom. The van der Waals surface area contributed by atoms with E-state index in [4.69, 9.17) is 15.6 Å². The number of aliphatic hydroxyl groups is 1. The van der Waals surface area contributed by atoms with Crippen LogP contribution in [0.2, 0.25) is 0 Å². The summed E-state index contributed by atoms with van der Waals surface area (Å²) in [6.45, 7) is 0.765. The van der Waals surface area contributed by atoms with Crippen LogP contribution in [0.15, 0.2) is 18.2 Å². The van der Waals surface area contributed by atoms with E-state index in [1.807, 2.05) is 18.2 Å². The van der Waals surface area contributed by atoms with Gasteiger partial charge in [-0.3, -0.25) is 0 Å². The molecule has 1 heterocycles. The Morgan fingerprint density at radius 1 is 1.50 bits per heavy atom. The molecule has 0 spiro atoms. The summed E-state index contributed by atoms with van der Waals surface area (Å²) in [5, 5.41) is 9.02. The number of benzene rings is 1. The third-order valence-corrected chi connectivity index (χ3v) is 2.59. The lowest BCUT2D eigenvalue weighted by atomic mass is 9.96. The second-order valence-electron chi connectivity index (χ2n) is 3.57. The summed E-state index contributed by atoms with van der Waals surface area (Å²) in [4.78, 5) is 0. The summed E-state index contributed by atoms with van der Waals surface area (Å²) < 4.78 is 5.52. The molecule has 3 N–H and O–H groups in total. The molecule has 1 atom stereocenters. The van der Waals surface area contributed by atoms with E-state index in [9.17, 15) is 0 Å². The normalized spacial score (nSPS) is 17.0. The summed E-state index contributed by atoms with van der Waals surface area (Å²) >= 11 is 0.